The lowest BCUT2D eigenvalue weighted by atomic mass is 10.2. The van der Waals surface area contributed by atoms with Crippen LogP contribution in [0.1, 0.15) is 13.8 Å². The van der Waals surface area contributed by atoms with Crippen molar-refractivity contribution in [1.82, 2.24) is 0 Å². The van der Waals surface area contributed by atoms with Gasteiger partial charge in [-0.25, -0.2) is 8.42 Å². The fraction of sp³-hybridized carbons (Fsp3) is 0.350. The second-order valence-electron chi connectivity index (χ2n) is 6.22. The first kappa shape index (κ1) is 22.4. The zero-order chi connectivity index (χ0) is 21.6. The van der Waals surface area contributed by atoms with E-state index in [0.717, 1.165) is 10.6 Å². The summed E-state index contributed by atoms with van der Waals surface area (Å²) in [7, 11) is -0.733. The van der Waals surface area contributed by atoms with E-state index in [1.54, 1.807) is 42.5 Å². The highest BCUT2D eigenvalue weighted by molar-refractivity contribution is 7.92. The highest BCUT2D eigenvalue weighted by Crippen LogP contribution is 2.30. The molecular weight excluding hydrogens is 396 g/mol. The average molecular weight is 423 g/mol. The van der Waals surface area contributed by atoms with Crippen molar-refractivity contribution < 1.29 is 27.4 Å². The molecule has 1 unspecified atom stereocenters. The Morgan fingerprint density at radius 3 is 2.21 bits per heavy atom. The minimum absolute atomic E-state index is 0.361. The Bertz CT molecular complexity index is 944. The van der Waals surface area contributed by atoms with Gasteiger partial charge in [0.1, 0.15) is 23.3 Å². The topological polar surface area (TPSA) is 94.2 Å². The van der Waals surface area contributed by atoms with Gasteiger partial charge in [0.05, 0.1) is 38.5 Å². The van der Waals surface area contributed by atoms with Gasteiger partial charge in [0.15, 0.2) is 0 Å². The van der Waals surface area contributed by atoms with E-state index in [1.165, 1.54) is 21.1 Å². The molecule has 9 heteroatoms. The highest BCUT2D eigenvalue weighted by Gasteiger charge is 2.29. The summed E-state index contributed by atoms with van der Waals surface area (Å²) >= 11 is 0. The molecular formula is C20H26N2O6S. The van der Waals surface area contributed by atoms with Crippen molar-refractivity contribution in [2.24, 2.45) is 0 Å². The van der Waals surface area contributed by atoms with E-state index >= 15 is 0 Å². The monoisotopic (exact) mass is 422 g/mol. The lowest BCUT2D eigenvalue weighted by Crippen LogP contribution is -2.45. The predicted octanol–water partition coefficient (Wildman–Crippen LogP) is 2.90. The van der Waals surface area contributed by atoms with Crippen molar-refractivity contribution in [3.8, 4) is 17.2 Å². The molecule has 0 heterocycles. The normalized spacial score (nSPS) is 12.0. The number of carbonyl (C=O) groups is 1. The molecule has 1 atom stereocenters. The molecule has 2 rings (SSSR count). The Kier molecular flexibility index (Phi) is 7.33. The van der Waals surface area contributed by atoms with Gasteiger partial charge in [-0.15, -0.1) is 0 Å². The van der Waals surface area contributed by atoms with Crippen LogP contribution in [-0.2, 0) is 14.8 Å². The standard InChI is InChI=1S/C20H26N2O6S/c1-6-28-16-9-7-15(8-10-16)22(29(5,24)25)14(2)20(23)21-18-12-11-17(26-3)13-19(18)27-4/h7-14H,6H2,1-5H3,(H,21,23). The van der Waals surface area contributed by atoms with Crippen molar-refractivity contribution in [3.05, 3.63) is 42.5 Å². The summed E-state index contributed by atoms with van der Waals surface area (Å²) in [5, 5.41) is 2.72. The van der Waals surface area contributed by atoms with Crippen LogP contribution in [0.15, 0.2) is 42.5 Å². The molecule has 0 aliphatic heterocycles. The SMILES string of the molecule is CCOc1ccc(N(C(C)C(=O)Nc2ccc(OC)cc2OC)S(C)(=O)=O)cc1. The van der Waals surface area contributed by atoms with Gasteiger partial charge < -0.3 is 19.5 Å². The number of anilines is 2. The molecule has 0 aliphatic carbocycles. The van der Waals surface area contributed by atoms with Crippen molar-refractivity contribution in [1.29, 1.82) is 0 Å². The molecule has 2 aromatic rings. The van der Waals surface area contributed by atoms with E-state index in [-0.39, 0.29) is 0 Å². The molecule has 1 N–H and O–H groups in total. The van der Waals surface area contributed by atoms with Crippen LogP contribution in [0.25, 0.3) is 0 Å². The molecule has 29 heavy (non-hydrogen) atoms. The summed E-state index contributed by atoms with van der Waals surface area (Å²) < 4.78 is 41.7. The first-order chi connectivity index (χ1) is 13.7. The number of carbonyl (C=O) groups excluding carboxylic acids is 1. The predicted molar refractivity (Wildman–Crippen MR) is 113 cm³/mol. The van der Waals surface area contributed by atoms with Crippen molar-refractivity contribution >= 4 is 27.3 Å². The van der Waals surface area contributed by atoms with E-state index < -0.39 is 22.0 Å². The first-order valence-corrected chi connectivity index (χ1v) is 10.8. The number of rotatable bonds is 9. The number of nitrogens with zero attached hydrogens (tertiary/aromatic N) is 1. The van der Waals surface area contributed by atoms with Crippen LogP contribution in [0.4, 0.5) is 11.4 Å². The highest BCUT2D eigenvalue weighted by atomic mass is 32.2. The van der Waals surface area contributed by atoms with E-state index in [9.17, 15) is 13.2 Å². The van der Waals surface area contributed by atoms with E-state index in [2.05, 4.69) is 5.32 Å². The second-order valence-corrected chi connectivity index (χ2v) is 8.08. The van der Waals surface area contributed by atoms with E-state index in [0.29, 0.717) is 35.2 Å². The maximum absolute atomic E-state index is 12.8. The number of methoxy groups -OCH3 is 2. The number of ether oxygens (including phenoxy) is 3. The summed E-state index contributed by atoms with van der Waals surface area (Å²) in [6, 6.07) is 10.4. The number of hydrogen-bond acceptors (Lipinski definition) is 6. The molecule has 1 amide bonds. The van der Waals surface area contributed by atoms with Crippen LogP contribution < -0.4 is 23.8 Å². The molecule has 158 valence electrons. The van der Waals surface area contributed by atoms with Gasteiger partial charge in [-0.05, 0) is 50.2 Å². The minimum Gasteiger partial charge on any atom is -0.497 e. The number of sulfonamides is 1. The van der Waals surface area contributed by atoms with Crippen LogP contribution in [0.5, 0.6) is 17.2 Å². The van der Waals surface area contributed by atoms with Gasteiger partial charge in [0, 0.05) is 6.07 Å². The van der Waals surface area contributed by atoms with Gasteiger partial charge in [-0.3, -0.25) is 9.10 Å². The molecule has 0 fully saturated rings. The maximum Gasteiger partial charge on any atom is 0.248 e. The fourth-order valence-electron chi connectivity index (χ4n) is 2.80. The second kappa shape index (κ2) is 9.51. The molecule has 0 saturated heterocycles. The van der Waals surface area contributed by atoms with Gasteiger partial charge >= 0.3 is 0 Å². The van der Waals surface area contributed by atoms with Crippen LogP contribution in [-0.4, -0.2) is 47.4 Å². The molecule has 0 spiro atoms. The Morgan fingerprint density at radius 1 is 1.07 bits per heavy atom. The first-order valence-electron chi connectivity index (χ1n) is 8.96. The van der Waals surface area contributed by atoms with Crippen molar-refractivity contribution in [2.75, 3.05) is 36.7 Å². The lowest BCUT2D eigenvalue weighted by Gasteiger charge is -2.28. The minimum atomic E-state index is -3.73. The van der Waals surface area contributed by atoms with Crippen LogP contribution in [0.3, 0.4) is 0 Å². The summed E-state index contributed by atoms with van der Waals surface area (Å²) in [5.74, 6) is 1.08. The summed E-state index contributed by atoms with van der Waals surface area (Å²) in [4.78, 5) is 12.8. The molecule has 0 aliphatic rings. The molecule has 2 aromatic carbocycles. The third kappa shape index (κ3) is 5.54. The third-order valence-corrected chi connectivity index (χ3v) is 5.40. The fourth-order valence-corrected chi connectivity index (χ4v) is 3.98. The molecule has 0 radical (unpaired) electrons. The number of benzene rings is 2. The van der Waals surface area contributed by atoms with Gasteiger partial charge in [0.25, 0.3) is 0 Å². The smallest absolute Gasteiger partial charge is 0.248 e. The van der Waals surface area contributed by atoms with Gasteiger partial charge in [0.2, 0.25) is 15.9 Å². The Hall–Kier alpha value is -2.94. The van der Waals surface area contributed by atoms with E-state index in [1.807, 2.05) is 6.92 Å². The van der Waals surface area contributed by atoms with Crippen molar-refractivity contribution in [3.63, 3.8) is 0 Å². The molecule has 0 saturated carbocycles. The van der Waals surface area contributed by atoms with Crippen LogP contribution >= 0.6 is 0 Å². The Morgan fingerprint density at radius 2 is 1.69 bits per heavy atom. The van der Waals surface area contributed by atoms with E-state index in [4.69, 9.17) is 14.2 Å². The summed E-state index contributed by atoms with van der Waals surface area (Å²) in [5.41, 5.74) is 0.769. The Balaban J connectivity index is 2.30. The number of amides is 1. The Labute approximate surface area is 171 Å². The summed E-state index contributed by atoms with van der Waals surface area (Å²) in [6.45, 7) is 3.87. The zero-order valence-electron chi connectivity index (χ0n) is 17.1. The van der Waals surface area contributed by atoms with Crippen LogP contribution in [0.2, 0.25) is 0 Å². The van der Waals surface area contributed by atoms with Gasteiger partial charge in [-0.2, -0.15) is 0 Å². The molecule has 0 aromatic heterocycles. The largest absolute Gasteiger partial charge is 0.497 e. The summed E-state index contributed by atoms with van der Waals surface area (Å²) in [6.07, 6.45) is 1.06. The number of nitrogens with one attached hydrogen (secondary N) is 1. The van der Waals surface area contributed by atoms with Crippen LogP contribution in [0, 0.1) is 0 Å². The quantitative estimate of drug-likeness (QED) is 0.668. The lowest BCUT2D eigenvalue weighted by molar-refractivity contribution is -0.116. The van der Waals surface area contributed by atoms with Crippen molar-refractivity contribution in [2.45, 2.75) is 19.9 Å². The van der Waals surface area contributed by atoms with Gasteiger partial charge in [-0.1, -0.05) is 0 Å². The maximum atomic E-state index is 12.8. The zero-order valence-corrected chi connectivity index (χ0v) is 17.9. The number of hydrogen-bond donors (Lipinski definition) is 1. The molecule has 0 bridgehead atoms. The third-order valence-electron chi connectivity index (χ3n) is 4.16. The molecule has 8 nitrogen and oxygen atoms in total. The average Bonchev–Trinajstić information content (AvgIpc) is 2.68.